The molecule has 1 aromatic heterocycles. The Balaban J connectivity index is 1.91. The topological polar surface area (TPSA) is 55.2 Å². The van der Waals surface area contributed by atoms with E-state index in [9.17, 15) is 5.11 Å². The second-order valence-corrected chi connectivity index (χ2v) is 5.54. The molecular formula is C12H18N2O2S. The van der Waals surface area contributed by atoms with Crippen LogP contribution < -0.4 is 4.74 Å². The number of ether oxygens (including phenoxy) is 1. The van der Waals surface area contributed by atoms with Crippen molar-refractivity contribution in [2.75, 3.05) is 12.9 Å². The number of hydrogen-bond donors (Lipinski definition) is 1. The average Bonchev–Trinajstić information content (AvgIpc) is 2.89. The first-order valence-electron chi connectivity index (χ1n) is 5.96. The quantitative estimate of drug-likeness (QED) is 0.873. The van der Waals surface area contributed by atoms with E-state index in [-0.39, 0.29) is 0 Å². The summed E-state index contributed by atoms with van der Waals surface area (Å²) in [5.41, 5.74) is 0.542. The summed E-state index contributed by atoms with van der Waals surface area (Å²) >= 11 is 1.83. The normalized spacial score (nSPS) is 18.2. The maximum absolute atomic E-state index is 10.1. The molecule has 94 valence electrons. The Hall–Kier alpha value is -0.810. The van der Waals surface area contributed by atoms with Gasteiger partial charge in [-0.15, -0.1) is 0 Å². The second kappa shape index (κ2) is 6.21. The van der Waals surface area contributed by atoms with Crippen LogP contribution in [-0.4, -0.2) is 33.2 Å². The molecule has 1 atom stereocenters. The van der Waals surface area contributed by atoms with E-state index in [4.69, 9.17) is 4.74 Å². The van der Waals surface area contributed by atoms with Crippen molar-refractivity contribution in [1.82, 2.24) is 9.97 Å². The van der Waals surface area contributed by atoms with Crippen LogP contribution in [0, 0.1) is 0 Å². The first-order valence-corrected chi connectivity index (χ1v) is 7.00. The van der Waals surface area contributed by atoms with Crippen LogP contribution in [0.3, 0.4) is 0 Å². The number of rotatable bonds is 5. The Morgan fingerprint density at radius 3 is 2.82 bits per heavy atom. The number of methoxy groups -OCH3 is 1. The maximum atomic E-state index is 10.1. The molecule has 5 heteroatoms. The van der Waals surface area contributed by atoms with E-state index in [1.807, 2.05) is 11.8 Å². The maximum Gasteiger partial charge on any atom is 0.238 e. The lowest BCUT2D eigenvalue weighted by Gasteiger charge is -2.14. The minimum absolute atomic E-state index is 0.423. The molecule has 2 rings (SSSR count). The fourth-order valence-electron chi connectivity index (χ4n) is 2.08. The lowest BCUT2D eigenvalue weighted by Crippen LogP contribution is -2.09. The lowest BCUT2D eigenvalue weighted by atomic mass is 10.3. The number of hydrogen-bond acceptors (Lipinski definition) is 5. The number of nitrogens with zero attached hydrogens (tertiary/aromatic N) is 2. The molecule has 0 aromatic carbocycles. The van der Waals surface area contributed by atoms with Gasteiger partial charge >= 0.3 is 0 Å². The van der Waals surface area contributed by atoms with Gasteiger partial charge in [-0.05, 0) is 12.8 Å². The molecule has 0 amide bonds. The van der Waals surface area contributed by atoms with Gasteiger partial charge in [0.2, 0.25) is 5.88 Å². The van der Waals surface area contributed by atoms with Crippen LogP contribution in [0.2, 0.25) is 0 Å². The van der Waals surface area contributed by atoms with E-state index in [1.54, 1.807) is 19.5 Å². The van der Waals surface area contributed by atoms with Gasteiger partial charge in [0.15, 0.2) is 0 Å². The van der Waals surface area contributed by atoms with Gasteiger partial charge in [-0.25, -0.2) is 4.98 Å². The molecule has 1 aliphatic carbocycles. The average molecular weight is 254 g/mol. The van der Waals surface area contributed by atoms with Crippen molar-refractivity contribution in [3.05, 3.63) is 18.1 Å². The summed E-state index contributed by atoms with van der Waals surface area (Å²) in [6.07, 6.45) is 7.75. The molecule has 0 spiro atoms. The molecule has 0 bridgehead atoms. The predicted octanol–water partition coefficient (Wildman–Crippen LogP) is 2.19. The van der Waals surface area contributed by atoms with Crippen LogP contribution in [-0.2, 0) is 0 Å². The standard InChI is InChI=1S/C12H18N2O2S/c1-16-12-11(13-6-7-14-12)10(15)8-17-9-4-2-3-5-9/h6-7,9-10,15H,2-5,8H2,1H3. The van der Waals surface area contributed by atoms with E-state index in [1.165, 1.54) is 25.7 Å². The van der Waals surface area contributed by atoms with Gasteiger partial charge in [0, 0.05) is 23.4 Å². The molecular weight excluding hydrogens is 236 g/mol. The van der Waals surface area contributed by atoms with Crippen molar-refractivity contribution in [1.29, 1.82) is 0 Å². The minimum Gasteiger partial charge on any atom is -0.480 e. The van der Waals surface area contributed by atoms with Crippen molar-refractivity contribution < 1.29 is 9.84 Å². The van der Waals surface area contributed by atoms with Crippen molar-refractivity contribution in [3.8, 4) is 5.88 Å². The summed E-state index contributed by atoms with van der Waals surface area (Å²) in [7, 11) is 1.55. The number of aromatic nitrogens is 2. The third-order valence-corrected chi connectivity index (χ3v) is 4.44. The highest BCUT2D eigenvalue weighted by Crippen LogP contribution is 2.32. The number of thioether (sulfide) groups is 1. The fraction of sp³-hybridized carbons (Fsp3) is 0.667. The minimum atomic E-state index is -0.593. The summed E-state index contributed by atoms with van der Waals surface area (Å²) in [6.45, 7) is 0. The van der Waals surface area contributed by atoms with Crippen LogP contribution in [0.1, 0.15) is 37.5 Å². The van der Waals surface area contributed by atoms with Crippen LogP contribution in [0.5, 0.6) is 5.88 Å². The Morgan fingerprint density at radius 2 is 2.12 bits per heavy atom. The van der Waals surface area contributed by atoms with Crippen molar-refractivity contribution in [3.63, 3.8) is 0 Å². The van der Waals surface area contributed by atoms with E-state index in [0.29, 0.717) is 22.6 Å². The summed E-state index contributed by atoms with van der Waals surface area (Å²) in [6, 6.07) is 0. The van der Waals surface area contributed by atoms with Crippen LogP contribution >= 0.6 is 11.8 Å². The molecule has 0 saturated heterocycles. The van der Waals surface area contributed by atoms with E-state index in [2.05, 4.69) is 9.97 Å². The number of aliphatic hydroxyl groups excluding tert-OH is 1. The van der Waals surface area contributed by atoms with E-state index in [0.717, 1.165) is 0 Å². The fourth-order valence-corrected chi connectivity index (χ4v) is 3.36. The Labute approximate surface area is 106 Å². The highest BCUT2D eigenvalue weighted by Gasteiger charge is 2.20. The lowest BCUT2D eigenvalue weighted by molar-refractivity contribution is 0.192. The molecule has 4 nitrogen and oxygen atoms in total. The number of aliphatic hydroxyl groups is 1. The highest BCUT2D eigenvalue weighted by molar-refractivity contribution is 7.99. The summed E-state index contributed by atoms with van der Waals surface area (Å²) in [5.74, 6) is 1.09. The highest BCUT2D eigenvalue weighted by atomic mass is 32.2. The monoisotopic (exact) mass is 254 g/mol. The van der Waals surface area contributed by atoms with Crippen LogP contribution in [0.4, 0.5) is 0 Å². The van der Waals surface area contributed by atoms with Crippen molar-refractivity contribution in [2.45, 2.75) is 37.0 Å². The van der Waals surface area contributed by atoms with Gasteiger partial charge in [0.05, 0.1) is 7.11 Å². The zero-order chi connectivity index (χ0) is 12.1. The molecule has 1 unspecified atom stereocenters. The molecule has 0 aliphatic heterocycles. The van der Waals surface area contributed by atoms with Gasteiger partial charge in [-0.2, -0.15) is 11.8 Å². The van der Waals surface area contributed by atoms with Crippen molar-refractivity contribution >= 4 is 11.8 Å². The Kier molecular flexibility index (Phi) is 4.62. The summed E-state index contributed by atoms with van der Waals surface area (Å²) < 4.78 is 5.10. The van der Waals surface area contributed by atoms with Crippen LogP contribution in [0.15, 0.2) is 12.4 Å². The van der Waals surface area contributed by atoms with Gasteiger partial charge in [-0.1, -0.05) is 12.8 Å². The molecule has 1 aliphatic rings. The molecule has 1 N–H and O–H groups in total. The second-order valence-electron chi connectivity index (χ2n) is 4.21. The molecule has 1 fully saturated rings. The molecule has 0 radical (unpaired) electrons. The molecule has 1 aromatic rings. The van der Waals surface area contributed by atoms with E-state index < -0.39 is 6.10 Å². The van der Waals surface area contributed by atoms with Crippen LogP contribution in [0.25, 0.3) is 0 Å². The summed E-state index contributed by atoms with van der Waals surface area (Å²) in [5, 5.41) is 10.8. The smallest absolute Gasteiger partial charge is 0.238 e. The SMILES string of the molecule is COc1nccnc1C(O)CSC1CCCC1. The predicted molar refractivity (Wildman–Crippen MR) is 68.3 cm³/mol. The first-order chi connectivity index (χ1) is 8.31. The zero-order valence-corrected chi connectivity index (χ0v) is 10.8. The van der Waals surface area contributed by atoms with Crippen molar-refractivity contribution in [2.24, 2.45) is 0 Å². The van der Waals surface area contributed by atoms with Gasteiger partial charge in [-0.3, -0.25) is 4.98 Å². The third-order valence-electron chi connectivity index (χ3n) is 2.99. The largest absolute Gasteiger partial charge is 0.480 e. The first kappa shape index (κ1) is 12.6. The Morgan fingerprint density at radius 1 is 1.41 bits per heavy atom. The molecule has 1 saturated carbocycles. The van der Waals surface area contributed by atoms with Gasteiger partial charge < -0.3 is 9.84 Å². The third kappa shape index (κ3) is 3.33. The Bertz CT molecular complexity index is 356. The summed E-state index contributed by atoms with van der Waals surface area (Å²) in [4.78, 5) is 8.19. The zero-order valence-electron chi connectivity index (χ0n) is 10.0. The molecule has 17 heavy (non-hydrogen) atoms. The van der Waals surface area contributed by atoms with E-state index >= 15 is 0 Å². The van der Waals surface area contributed by atoms with Gasteiger partial charge in [0.25, 0.3) is 0 Å². The molecule has 1 heterocycles. The van der Waals surface area contributed by atoms with Gasteiger partial charge in [0.1, 0.15) is 11.8 Å².